The largest absolute Gasteiger partial charge is 0.429 e. The molecule has 0 aliphatic rings. The number of nitrogens with two attached hydrogens (primary N) is 1. The summed E-state index contributed by atoms with van der Waals surface area (Å²) in [5.74, 6) is -0.738. The van der Waals surface area contributed by atoms with Gasteiger partial charge in [-0.25, -0.2) is 4.57 Å². The first-order chi connectivity index (χ1) is 3.42. The van der Waals surface area contributed by atoms with E-state index >= 15 is 0 Å². The van der Waals surface area contributed by atoms with Crippen molar-refractivity contribution < 1.29 is 14.4 Å². The van der Waals surface area contributed by atoms with Gasteiger partial charge in [-0.2, -0.15) is 0 Å². The Labute approximate surface area is 45.4 Å². The van der Waals surface area contributed by atoms with Gasteiger partial charge in [-0.1, -0.05) is 0 Å². The number of rotatable bonds is 1. The summed E-state index contributed by atoms with van der Waals surface area (Å²) in [6.07, 6.45) is 0. The van der Waals surface area contributed by atoms with Gasteiger partial charge in [0.05, 0.1) is 0 Å². The first kappa shape index (κ1) is 7.42. The predicted molar refractivity (Wildman–Crippen MR) is 27.1 cm³/mol. The third kappa shape index (κ3) is 5.42. The van der Waals surface area contributed by atoms with Gasteiger partial charge >= 0.3 is 7.75 Å². The van der Waals surface area contributed by atoms with Crippen molar-refractivity contribution in [2.24, 2.45) is 5.73 Å². The molecule has 0 aromatic heterocycles. The molecule has 0 radical (unpaired) electrons. The third-order valence-electron chi connectivity index (χ3n) is 0.266. The van der Waals surface area contributed by atoms with Crippen molar-refractivity contribution in [1.82, 2.24) is 5.09 Å². The molecule has 8 heavy (non-hydrogen) atoms. The molecule has 0 amide bonds. The fourth-order valence-corrected chi connectivity index (χ4v) is 0.471. The number of hydrogen-bond donors (Lipinski definition) is 5. The zero-order valence-electron chi connectivity index (χ0n) is 3.83. The smallest absolute Gasteiger partial charge is 0.370 e. The molecule has 0 spiro atoms. The lowest BCUT2D eigenvalue weighted by atomic mass is 11.1. The van der Waals surface area contributed by atoms with Crippen LogP contribution in [0, 0.1) is 5.41 Å². The molecule has 0 saturated heterocycles. The van der Waals surface area contributed by atoms with Gasteiger partial charge in [0, 0.05) is 0 Å². The SMILES string of the molecule is N=C(N)NP(=O)(O)O. The van der Waals surface area contributed by atoms with Crippen LogP contribution in [0.1, 0.15) is 0 Å². The molecular formula is CH6N3O3P. The lowest BCUT2D eigenvalue weighted by Gasteiger charge is -2.02. The molecule has 7 heteroatoms. The molecule has 6 nitrogen and oxygen atoms in total. The van der Waals surface area contributed by atoms with Crippen LogP contribution in [0.3, 0.4) is 0 Å². The van der Waals surface area contributed by atoms with E-state index in [1.54, 1.807) is 0 Å². The summed E-state index contributed by atoms with van der Waals surface area (Å²) in [5.41, 5.74) is 4.56. The molecule has 0 rings (SSSR count). The minimum Gasteiger partial charge on any atom is -0.370 e. The van der Waals surface area contributed by atoms with Crippen molar-refractivity contribution in [3.63, 3.8) is 0 Å². The minimum absolute atomic E-state index is 0.738. The lowest BCUT2D eigenvalue weighted by Crippen LogP contribution is -2.27. The third-order valence-corrected chi connectivity index (χ3v) is 0.798. The van der Waals surface area contributed by atoms with Crippen LogP contribution in [-0.2, 0) is 4.57 Å². The summed E-state index contributed by atoms with van der Waals surface area (Å²) < 4.78 is 9.80. The van der Waals surface area contributed by atoms with Crippen LogP contribution in [0.25, 0.3) is 0 Å². The number of nitrogens with one attached hydrogen (secondary N) is 2. The van der Waals surface area contributed by atoms with E-state index in [0.29, 0.717) is 0 Å². The Morgan fingerprint density at radius 1 is 1.75 bits per heavy atom. The Kier molecular flexibility index (Phi) is 1.97. The van der Waals surface area contributed by atoms with Gasteiger partial charge in [0.2, 0.25) is 0 Å². The van der Waals surface area contributed by atoms with Gasteiger partial charge in [-0.15, -0.1) is 0 Å². The molecule has 0 saturated carbocycles. The molecule has 0 heterocycles. The average Bonchev–Trinajstić information content (AvgIpc) is 1.21. The van der Waals surface area contributed by atoms with Crippen LogP contribution < -0.4 is 10.8 Å². The Balaban J connectivity index is 3.74. The number of hydrogen-bond acceptors (Lipinski definition) is 2. The topological polar surface area (TPSA) is 119 Å². The molecule has 0 aromatic carbocycles. The van der Waals surface area contributed by atoms with E-state index in [0.717, 1.165) is 0 Å². The zero-order chi connectivity index (χ0) is 6.78. The zero-order valence-corrected chi connectivity index (χ0v) is 4.72. The van der Waals surface area contributed by atoms with Gasteiger partial charge < -0.3 is 15.5 Å². The maximum Gasteiger partial charge on any atom is 0.429 e. The summed E-state index contributed by atoms with van der Waals surface area (Å²) in [6, 6.07) is 0. The fourth-order valence-electron chi connectivity index (χ4n) is 0.157. The lowest BCUT2D eigenvalue weighted by molar-refractivity contribution is 0.367. The maximum absolute atomic E-state index is 9.80. The van der Waals surface area contributed by atoms with E-state index in [9.17, 15) is 4.57 Å². The van der Waals surface area contributed by atoms with Crippen molar-refractivity contribution in [3.8, 4) is 0 Å². The Morgan fingerprint density at radius 2 is 2.12 bits per heavy atom. The first-order valence-corrected chi connectivity index (χ1v) is 3.21. The normalized spacial score (nSPS) is 10.8. The van der Waals surface area contributed by atoms with Gasteiger partial charge in [-0.05, 0) is 0 Å². The summed E-state index contributed by atoms with van der Waals surface area (Å²) in [7, 11) is -4.32. The molecule has 6 N–H and O–H groups in total. The molecule has 48 valence electrons. The second-order valence-electron chi connectivity index (χ2n) is 1.07. The van der Waals surface area contributed by atoms with Crippen molar-refractivity contribution in [2.75, 3.05) is 0 Å². The molecular weight excluding hydrogens is 133 g/mol. The van der Waals surface area contributed by atoms with E-state index in [1.165, 1.54) is 5.09 Å². The standard InChI is InChI=1S/CH6N3O3P/c2-1(3)4-8(5,6)7/h(H6,2,3,4,5,6,7). The summed E-state index contributed by atoms with van der Waals surface area (Å²) in [4.78, 5) is 15.9. The predicted octanol–water partition coefficient (Wildman–Crippen LogP) is -1.44. The van der Waals surface area contributed by atoms with Crippen LogP contribution in [-0.4, -0.2) is 15.7 Å². The average molecular weight is 139 g/mol. The monoisotopic (exact) mass is 139 g/mol. The van der Waals surface area contributed by atoms with Gasteiger partial charge in [0.1, 0.15) is 0 Å². The van der Waals surface area contributed by atoms with Gasteiger partial charge in [0.25, 0.3) is 0 Å². The van der Waals surface area contributed by atoms with Crippen molar-refractivity contribution in [2.45, 2.75) is 0 Å². The molecule has 0 fully saturated rings. The van der Waals surface area contributed by atoms with Crippen LogP contribution >= 0.6 is 7.75 Å². The van der Waals surface area contributed by atoms with E-state index in [2.05, 4.69) is 5.73 Å². The first-order valence-electron chi connectivity index (χ1n) is 1.59. The summed E-state index contributed by atoms with van der Waals surface area (Å²) in [6.45, 7) is 0. The number of guanidine groups is 1. The second-order valence-corrected chi connectivity index (χ2v) is 2.38. The van der Waals surface area contributed by atoms with Crippen molar-refractivity contribution >= 4 is 13.7 Å². The molecule has 0 aromatic rings. The van der Waals surface area contributed by atoms with Crippen LogP contribution in [0.4, 0.5) is 0 Å². The summed E-state index contributed by atoms with van der Waals surface area (Å²) in [5, 5.41) is 7.73. The fraction of sp³-hybridized carbons (Fsp3) is 0. The molecule has 0 unspecified atom stereocenters. The van der Waals surface area contributed by atoms with Crippen LogP contribution in [0.5, 0.6) is 0 Å². The second kappa shape index (κ2) is 2.13. The van der Waals surface area contributed by atoms with Gasteiger partial charge in [-0.3, -0.25) is 10.5 Å². The van der Waals surface area contributed by atoms with E-state index in [-0.39, 0.29) is 0 Å². The van der Waals surface area contributed by atoms with Crippen molar-refractivity contribution in [1.29, 1.82) is 5.41 Å². The maximum atomic E-state index is 9.80. The highest BCUT2D eigenvalue weighted by Gasteiger charge is 2.10. The van der Waals surface area contributed by atoms with Crippen molar-refractivity contribution in [3.05, 3.63) is 0 Å². The summed E-state index contributed by atoms with van der Waals surface area (Å²) >= 11 is 0. The highest BCUT2D eigenvalue weighted by Crippen LogP contribution is 2.26. The Hall–Kier alpha value is -0.580. The molecule has 0 bridgehead atoms. The minimum atomic E-state index is -4.32. The quantitative estimate of drug-likeness (QED) is 0.173. The van der Waals surface area contributed by atoms with Gasteiger partial charge in [0.15, 0.2) is 5.96 Å². The molecule has 0 aliphatic heterocycles. The highest BCUT2D eigenvalue weighted by molar-refractivity contribution is 7.50. The Morgan fingerprint density at radius 3 is 2.12 bits per heavy atom. The van der Waals surface area contributed by atoms with Crippen LogP contribution in [0.2, 0.25) is 0 Å². The van der Waals surface area contributed by atoms with Crippen LogP contribution in [0.15, 0.2) is 0 Å². The van der Waals surface area contributed by atoms with E-state index < -0.39 is 13.7 Å². The molecule has 0 atom stereocenters. The Bertz CT molecular complexity index is 137. The van der Waals surface area contributed by atoms with E-state index in [1.807, 2.05) is 0 Å². The molecule has 0 aliphatic carbocycles. The van der Waals surface area contributed by atoms with E-state index in [4.69, 9.17) is 15.2 Å². The highest BCUT2D eigenvalue weighted by atomic mass is 31.2.